The smallest absolute Gasteiger partial charge is 0.248 e. The minimum Gasteiger partial charge on any atom is -0.506 e. The number of hydrogen-bond donors (Lipinski definition) is 5. The molecule has 3 heterocycles. The van der Waals surface area contributed by atoms with Crippen LogP contribution < -0.4 is 10.9 Å². The van der Waals surface area contributed by atoms with Gasteiger partial charge < -0.3 is 30.5 Å². The zero-order valence-corrected chi connectivity index (χ0v) is 26.2. The number of aliphatic hydroxyl groups excluding tert-OH is 2. The minimum absolute atomic E-state index is 0.00337. The van der Waals surface area contributed by atoms with E-state index in [-0.39, 0.29) is 11.3 Å². The predicted octanol–water partition coefficient (Wildman–Crippen LogP) is 4.67. The molecular formula is C35H48N6O4. The van der Waals surface area contributed by atoms with Crippen LogP contribution >= 0.6 is 0 Å². The molecule has 1 aliphatic heterocycles. The van der Waals surface area contributed by atoms with Crippen LogP contribution in [0, 0.1) is 5.92 Å². The van der Waals surface area contributed by atoms with Crippen LogP contribution in [0.2, 0.25) is 0 Å². The number of hydrogen-bond acceptors (Lipinski definition) is 8. The normalized spacial score (nSPS) is 15.9. The molecule has 4 aromatic rings. The van der Waals surface area contributed by atoms with Gasteiger partial charge in [0.2, 0.25) is 5.56 Å². The Kier molecular flexibility index (Phi) is 12.1. The van der Waals surface area contributed by atoms with Crippen molar-refractivity contribution >= 4 is 10.9 Å². The lowest BCUT2D eigenvalue weighted by Gasteiger charge is -2.31. The van der Waals surface area contributed by atoms with Gasteiger partial charge in [0.1, 0.15) is 18.2 Å². The first-order valence-corrected chi connectivity index (χ1v) is 16.6. The first kappa shape index (κ1) is 32.8. The molecule has 45 heavy (non-hydrogen) atoms. The summed E-state index contributed by atoms with van der Waals surface area (Å²) < 4.78 is 1.89. The van der Waals surface area contributed by atoms with E-state index in [9.17, 15) is 20.1 Å². The summed E-state index contributed by atoms with van der Waals surface area (Å²) in [7, 11) is 0. The van der Waals surface area contributed by atoms with Crippen LogP contribution in [0.5, 0.6) is 5.75 Å². The van der Waals surface area contributed by atoms with Gasteiger partial charge in [0.25, 0.3) is 0 Å². The van der Waals surface area contributed by atoms with E-state index < -0.39 is 12.2 Å². The summed E-state index contributed by atoms with van der Waals surface area (Å²) in [6, 6.07) is 15.8. The number of phenols is 1. The highest BCUT2D eigenvalue weighted by atomic mass is 16.3. The van der Waals surface area contributed by atoms with Gasteiger partial charge in [0.05, 0.1) is 11.6 Å². The number of pyridine rings is 1. The first-order chi connectivity index (χ1) is 22.0. The molecule has 10 heteroatoms. The van der Waals surface area contributed by atoms with Crippen LogP contribution in [0.4, 0.5) is 0 Å². The number of unbranched alkanes of at least 4 members (excludes halogenated alkanes) is 6. The summed E-state index contributed by atoms with van der Waals surface area (Å²) in [5.74, 6) is 1.07. The molecule has 242 valence electrons. The van der Waals surface area contributed by atoms with Gasteiger partial charge >= 0.3 is 0 Å². The van der Waals surface area contributed by atoms with Crippen LogP contribution in [-0.4, -0.2) is 72.7 Å². The molecule has 10 nitrogen and oxygen atoms in total. The molecular weight excluding hydrogens is 568 g/mol. The van der Waals surface area contributed by atoms with E-state index in [0.717, 1.165) is 38.2 Å². The molecule has 0 amide bonds. The van der Waals surface area contributed by atoms with E-state index in [1.165, 1.54) is 70.0 Å². The molecule has 0 aliphatic carbocycles. The van der Waals surface area contributed by atoms with Crippen molar-refractivity contribution in [3.63, 3.8) is 0 Å². The lowest BCUT2D eigenvalue weighted by molar-refractivity contribution is 0.167. The third-order valence-electron chi connectivity index (χ3n) is 9.00. The Morgan fingerprint density at radius 1 is 0.911 bits per heavy atom. The molecule has 5 N–H and O–H groups in total. The fourth-order valence-electron chi connectivity index (χ4n) is 6.33. The minimum atomic E-state index is -0.785. The highest BCUT2D eigenvalue weighted by Crippen LogP contribution is 2.28. The fourth-order valence-corrected chi connectivity index (χ4v) is 6.33. The number of H-pyrrole nitrogens is 1. The molecule has 1 saturated heterocycles. The standard InChI is InChI=1S/C35H48N6O4/c42-30-15-13-28(29-14-16-32(44)38-33(29)30)31(43)23-36-19-9-4-2-1-3-5-10-20-40-21-17-26(18-22-40)24-41-25-37-35(39-41)34(45)27-11-7-6-8-12-27/h6-8,11-16,25-26,31,34,36,42-43,45H,1-5,9-10,17-24H2,(H,38,44). The molecule has 1 aliphatic rings. The second-order valence-corrected chi connectivity index (χ2v) is 12.4. The van der Waals surface area contributed by atoms with Gasteiger partial charge in [-0.05, 0) is 81.0 Å². The van der Waals surface area contributed by atoms with E-state index in [2.05, 4.69) is 25.3 Å². The summed E-state index contributed by atoms with van der Waals surface area (Å²) >= 11 is 0. The second kappa shape index (κ2) is 16.7. The maximum absolute atomic E-state index is 11.6. The van der Waals surface area contributed by atoms with Crippen molar-refractivity contribution in [3.8, 4) is 5.75 Å². The molecule has 0 spiro atoms. The molecule has 5 rings (SSSR count). The Morgan fingerprint density at radius 2 is 1.64 bits per heavy atom. The van der Waals surface area contributed by atoms with Crippen LogP contribution in [0.25, 0.3) is 10.9 Å². The molecule has 2 atom stereocenters. The number of aromatic nitrogens is 4. The average molecular weight is 617 g/mol. The number of fused-ring (bicyclic) bond motifs is 1. The molecule has 2 aromatic heterocycles. The maximum atomic E-state index is 11.6. The Morgan fingerprint density at radius 3 is 2.42 bits per heavy atom. The number of phenolic OH excluding ortho intramolecular Hbond substituents is 1. The van der Waals surface area contributed by atoms with Crippen LogP contribution in [-0.2, 0) is 6.54 Å². The van der Waals surface area contributed by atoms with Gasteiger partial charge in [-0.1, -0.05) is 68.5 Å². The number of nitrogens with zero attached hydrogens (tertiary/aromatic N) is 4. The summed E-state index contributed by atoms with van der Waals surface area (Å²) in [4.78, 5) is 21.2. The van der Waals surface area contributed by atoms with E-state index >= 15 is 0 Å². The topological polar surface area (TPSA) is 140 Å². The molecule has 0 bridgehead atoms. The van der Waals surface area contributed by atoms with Crippen molar-refractivity contribution in [2.24, 2.45) is 5.92 Å². The van der Waals surface area contributed by atoms with Crippen molar-refractivity contribution in [1.82, 2.24) is 30.0 Å². The highest BCUT2D eigenvalue weighted by Gasteiger charge is 2.21. The lowest BCUT2D eigenvalue weighted by Crippen LogP contribution is -2.35. The molecule has 1 fully saturated rings. The number of rotatable bonds is 17. The summed E-state index contributed by atoms with van der Waals surface area (Å²) in [6.45, 7) is 5.61. The summed E-state index contributed by atoms with van der Waals surface area (Å²) in [5.41, 5.74) is 1.58. The van der Waals surface area contributed by atoms with Crippen LogP contribution in [0.3, 0.4) is 0 Å². The second-order valence-electron chi connectivity index (χ2n) is 12.4. The van der Waals surface area contributed by atoms with E-state index in [1.807, 2.05) is 35.0 Å². The van der Waals surface area contributed by atoms with E-state index in [4.69, 9.17) is 0 Å². The van der Waals surface area contributed by atoms with Gasteiger partial charge in [-0.25, -0.2) is 4.98 Å². The Bertz CT molecular complexity index is 1520. The molecule has 2 unspecified atom stereocenters. The number of benzene rings is 2. The third kappa shape index (κ3) is 9.46. The quantitative estimate of drug-likeness (QED) is 0.108. The van der Waals surface area contributed by atoms with Gasteiger partial charge in [-0.15, -0.1) is 0 Å². The largest absolute Gasteiger partial charge is 0.506 e. The van der Waals surface area contributed by atoms with Crippen molar-refractivity contribution in [1.29, 1.82) is 0 Å². The number of likely N-dealkylation sites (tertiary alicyclic amines) is 1. The van der Waals surface area contributed by atoms with Gasteiger partial charge in [-0.3, -0.25) is 9.48 Å². The highest BCUT2D eigenvalue weighted by molar-refractivity contribution is 5.87. The Hall–Kier alpha value is -3.57. The molecule has 0 radical (unpaired) electrons. The van der Waals surface area contributed by atoms with Crippen molar-refractivity contribution < 1.29 is 15.3 Å². The van der Waals surface area contributed by atoms with Crippen molar-refractivity contribution in [2.45, 2.75) is 76.5 Å². The van der Waals surface area contributed by atoms with E-state index in [1.54, 1.807) is 18.5 Å². The zero-order chi connectivity index (χ0) is 31.4. The van der Waals surface area contributed by atoms with Crippen molar-refractivity contribution in [3.05, 3.63) is 88.2 Å². The Balaban J connectivity index is 0.867. The maximum Gasteiger partial charge on any atom is 0.248 e. The predicted molar refractivity (Wildman–Crippen MR) is 176 cm³/mol. The van der Waals surface area contributed by atoms with Gasteiger partial charge in [0, 0.05) is 24.5 Å². The zero-order valence-electron chi connectivity index (χ0n) is 26.2. The summed E-state index contributed by atoms with van der Waals surface area (Å²) in [5, 5.41) is 39.8. The van der Waals surface area contributed by atoms with Crippen LogP contribution in [0.15, 0.2) is 65.7 Å². The molecule has 0 saturated carbocycles. The van der Waals surface area contributed by atoms with Crippen LogP contribution in [0.1, 0.15) is 86.9 Å². The van der Waals surface area contributed by atoms with Gasteiger partial charge in [-0.2, -0.15) is 5.10 Å². The lowest BCUT2D eigenvalue weighted by atomic mass is 9.96. The Labute approximate surface area is 265 Å². The number of nitrogens with one attached hydrogen (secondary N) is 2. The number of piperidine rings is 1. The molecule has 2 aromatic carbocycles. The van der Waals surface area contributed by atoms with Crippen molar-refractivity contribution in [2.75, 3.05) is 32.7 Å². The summed E-state index contributed by atoms with van der Waals surface area (Å²) in [6.07, 6.45) is 11.2. The number of aliphatic hydroxyl groups is 2. The number of aromatic amines is 1. The van der Waals surface area contributed by atoms with Gasteiger partial charge in [0.15, 0.2) is 5.82 Å². The first-order valence-electron chi connectivity index (χ1n) is 16.6. The fraction of sp³-hybridized carbons (Fsp3) is 0.514. The third-order valence-corrected chi connectivity index (χ3v) is 9.00. The van der Waals surface area contributed by atoms with E-state index in [0.29, 0.717) is 34.8 Å². The SMILES string of the molecule is O=c1ccc2c(C(O)CNCCCCCCCCCN3CCC(Cn4cnc(C(O)c5ccccc5)n4)CC3)ccc(O)c2[nH]1. The number of aromatic hydroxyl groups is 1. The average Bonchev–Trinajstić information content (AvgIpc) is 3.53. The monoisotopic (exact) mass is 616 g/mol.